The number of aromatic carboxylic acids is 1. The van der Waals surface area contributed by atoms with Crippen molar-refractivity contribution in [3.05, 3.63) is 116 Å². The van der Waals surface area contributed by atoms with Crippen molar-refractivity contribution >= 4 is 82.8 Å². The van der Waals surface area contributed by atoms with Gasteiger partial charge in [-0.15, -0.1) is 5.10 Å². The molecule has 2 atom stereocenters. The molecule has 3 amide bonds. The second-order valence-corrected chi connectivity index (χ2v) is 31.7. The Morgan fingerprint density at radius 1 is 0.748 bits per heavy atom. The van der Waals surface area contributed by atoms with E-state index in [1.807, 2.05) is 9.57 Å². The summed E-state index contributed by atoms with van der Waals surface area (Å²) in [6.45, 7) is 10.7. The molecular formula is C81H113N14O19P. The average molecular weight is 1620 g/mol. The van der Waals surface area contributed by atoms with E-state index in [0.717, 1.165) is 12.8 Å². The van der Waals surface area contributed by atoms with Crippen molar-refractivity contribution in [3.63, 3.8) is 0 Å². The van der Waals surface area contributed by atoms with Gasteiger partial charge in [-0.3, -0.25) is 52.9 Å². The third kappa shape index (κ3) is 30.9. The number of hydrogen-bond acceptors (Lipinski definition) is 25. The summed E-state index contributed by atoms with van der Waals surface area (Å²) >= 11 is 0. The van der Waals surface area contributed by atoms with Crippen LogP contribution >= 0.6 is 7.44 Å². The number of ether oxygens (including phenoxy) is 4. The Bertz CT molecular complexity index is 4470. The number of amides is 3. The molecule has 2 aromatic heterocycles. The Hall–Kier alpha value is -10.6. The Morgan fingerprint density at radius 2 is 1.41 bits per heavy atom. The number of anilines is 2. The smallest absolute Gasteiger partial charge is 0.336 e. The maximum atomic E-state index is 13.4. The number of ketones is 4. The number of nitrogens with one attached hydrogen (secondary N) is 1. The predicted molar refractivity (Wildman–Crippen MR) is 435 cm³/mol. The number of piperazine rings is 1. The van der Waals surface area contributed by atoms with E-state index >= 15 is 0 Å². The van der Waals surface area contributed by atoms with Crippen LogP contribution in [0, 0.1) is 10.1 Å². The van der Waals surface area contributed by atoms with Gasteiger partial charge in [0.05, 0.1) is 49.6 Å². The molecule has 2 aliphatic heterocycles. The fourth-order valence-corrected chi connectivity index (χ4v) is 14.1. The van der Waals surface area contributed by atoms with Crippen molar-refractivity contribution < 1.29 is 81.4 Å². The second-order valence-electron chi connectivity index (χ2n) is 28.7. The standard InChI is InChI=1S/C52H83N14O13P.C20H12O5.C9H18O/c1-38(67)21-25-64-36-40(58-59-64)19-20-42(69)15-10-9-13-23-54-48(71)33-39(43-34-45(76-6)46(77-7)35-44(43)66(73)74)22-24-61(4)49(72)18-12-11-16-41(68)17-14-30-78-31-32-79-52-56-50(62(5)37-47(53)70)55-51(57-52)63-26-28-65(29-27-63)80(8,75)60(2)3;21-11-5-7-15-17(9-11)25-18-10-12(22)6-8-16(18)19(15)13-3-1-2-4-14(13)20(23)24;1-3-4-5-6-7-8-9(2)10/h34-36,39H,9-33,37H2,1-8H3,(H2,53,70)(H,54,71);1-10,21H,(H,23,24);3-8H2,1-2H3. The van der Waals surface area contributed by atoms with Gasteiger partial charge in [0.15, 0.2) is 16.9 Å². The van der Waals surface area contributed by atoms with E-state index in [-0.39, 0.29) is 126 Å². The Labute approximate surface area is 670 Å². The minimum Gasteiger partial charge on any atom is -0.508 e. The lowest BCUT2D eigenvalue weighted by molar-refractivity contribution is -0.385. The number of carbonyl (C=O) groups excluding carboxylic acids is 7. The van der Waals surface area contributed by atoms with Gasteiger partial charge in [0.1, 0.15) is 46.8 Å². The minimum atomic E-state index is -2.66. The molecule has 0 radical (unpaired) electrons. The number of rotatable bonds is 48. The molecule has 5 aromatic rings. The number of unbranched alkanes of at least 4 members (excludes halogenated alkanes) is 7. The summed E-state index contributed by atoms with van der Waals surface area (Å²) in [5, 5.41) is 43.3. The van der Waals surface area contributed by atoms with E-state index in [0.29, 0.717) is 174 Å². The molecule has 115 heavy (non-hydrogen) atoms. The topological polar surface area (TPSA) is 428 Å². The van der Waals surface area contributed by atoms with E-state index in [2.05, 4.69) is 37.5 Å². The summed E-state index contributed by atoms with van der Waals surface area (Å²) in [5.41, 5.74) is 8.24. The van der Waals surface area contributed by atoms with Gasteiger partial charge < -0.3 is 64.1 Å². The zero-order valence-electron chi connectivity index (χ0n) is 67.9. The summed E-state index contributed by atoms with van der Waals surface area (Å²) in [6.07, 6.45) is 14.6. The summed E-state index contributed by atoms with van der Waals surface area (Å²) < 4.78 is 46.6. The SMILES string of the molecule is CCCCCCCC(C)=O.COc1cc(C(CCN(C)C(=O)CCCCC(=O)CCCOCCOc2nc(N(C)CC(N)=O)nc(N3CCN(P(C)(=O)N(C)C)CC3)n2)CC(=O)NCCCCCC(=O)CCc2cn(CCC(C)=O)nn2)c([N+](=O)[O-])cc1OC.O=C(O)c1ccccc1-c1c2ccc(=O)cc-2oc2cc(O)ccc12. The van der Waals surface area contributed by atoms with Crippen LogP contribution in [0.15, 0.2) is 88.2 Å². The van der Waals surface area contributed by atoms with Gasteiger partial charge in [-0.05, 0) is 121 Å². The van der Waals surface area contributed by atoms with Crippen molar-refractivity contribution in [1.82, 2.24) is 49.5 Å². The zero-order chi connectivity index (χ0) is 84.2. The molecule has 33 nitrogen and oxygen atoms in total. The largest absolute Gasteiger partial charge is 0.508 e. The van der Waals surface area contributed by atoms with E-state index in [1.165, 1.54) is 99.1 Å². The van der Waals surface area contributed by atoms with Crippen LogP contribution in [0.1, 0.15) is 177 Å². The number of phenolic OH excluding ortho intramolecular Hbond substituents is 1. The monoisotopic (exact) mass is 1620 g/mol. The molecule has 34 heteroatoms. The number of Topliss-reactive ketones (excluding diaryl/α,β-unsaturated/α-hetero) is 4. The van der Waals surface area contributed by atoms with Gasteiger partial charge in [-0.25, -0.2) is 14.1 Å². The van der Waals surface area contributed by atoms with E-state index in [9.17, 15) is 68.0 Å². The van der Waals surface area contributed by atoms with Crippen LogP contribution in [0.3, 0.4) is 0 Å². The number of phenols is 1. The number of aromatic hydroxyl groups is 1. The molecule has 5 N–H and O–H groups in total. The fourth-order valence-electron chi connectivity index (χ4n) is 12.7. The number of benzene rings is 4. The third-order valence-corrected chi connectivity index (χ3v) is 22.3. The molecule has 0 spiro atoms. The molecule has 4 heterocycles. The first-order chi connectivity index (χ1) is 54.9. The number of carboxylic acid groups (broad SMARTS) is 1. The summed E-state index contributed by atoms with van der Waals surface area (Å²) in [4.78, 5) is 139. The van der Waals surface area contributed by atoms with Crippen LogP contribution < -0.4 is 40.5 Å². The van der Waals surface area contributed by atoms with Gasteiger partial charge in [-0.1, -0.05) is 62.4 Å². The number of hydrogen-bond donors (Lipinski definition) is 4. The maximum Gasteiger partial charge on any atom is 0.336 e. The Balaban J connectivity index is 0.000000475. The minimum absolute atomic E-state index is 0.0198. The van der Waals surface area contributed by atoms with E-state index in [1.54, 1.807) is 87.7 Å². The van der Waals surface area contributed by atoms with Crippen LogP contribution in [-0.4, -0.2) is 221 Å². The van der Waals surface area contributed by atoms with Crippen LogP contribution in [-0.2, 0) is 55.8 Å². The quantitative estimate of drug-likeness (QED) is 0.00904. The normalized spacial score (nSPS) is 12.8. The number of primary amides is 1. The molecule has 0 bridgehead atoms. The number of carbonyl (C=O) groups is 8. The highest BCUT2D eigenvalue weighted by atomic mass is 31.2. The van der Waals surface area contributed by atoms with Crippen LogP contribution in [0.25, 0.3) is 33.4 Å². The molecule has 8 rings (SSSR count). The van der Waals surface area contributed by atoms with E-state index < -0.39 is 30.2 Å². The molecule has 1 fully saturated rings. The lowest BCUT2D eigenvalue weighted by Crippen LogP contribution is -2.47. The number of nitro benzene ring substituents is 1. The molecule has 3 aliphatic rings. The number of nitrogens with two attached hydrogens (primary N) is 1. The molecule has 2 unspecified atom stereocenters. The first kappa shape index (κ1) is 93.2. The first-order valence-electron chi connectivity index (χ1n) is 39.0. The lowest BCUT2D eigenvalue weighted by atomic mass is 9.90. The van der Waals surface area contributed by atoms with Crippen LogP contribution in [0.2, 0.25) is 0 Å². The van der Waals surface area contributed by atoms with E-state index in [4.69, 9.17) is 29.1 Å². The van der Waals surface area contributed by atoms with Gasteiger partial charge in [0.25, 0.3) is 5.69 Å². The highest BCUT2D eigenvalue weighted by molar-refractivity contribution is 7.58. The number of aromatic nitrogens is 6. The van der Waals surface area contributed by atoms with Crippen molar-refractivity contribution in [2.75, 3.05) is 125 Å². The number of carboxylic acids is 1. The summed E-state index contributed by atoms with van der Waals surface area (Å²) in [7, 11) is 6.98. The average Bonchev–Trinajstić information content (AvgIpc) is 0.928. The van der Waals surface area contributed by atoms with Crippen molar-refractivity contribution in [3.8, 4) is 45.7 Å². The molecular weight excluding hydrogens is 1500 g/mol. The van der Waals surface area contributed by atoms with Gasteiger partial charge >= 0.3 is 12.0 Å². The van der Waals surface area contributed by atoms with Crippen LogP contribution in [0.5, 0.6) is 23.3 Å². The van der Waals surface area contributed by atoms with Gasteiger partial charge in [0.2, 0.25) is 37.1 Å². The maximum absolute atomic E-state index is 13.4. The second kappa shape index (κ2) is 47.9. The molecule has 1 aliphatic carbocycles. The zero-order valence-corrected chi connectivity index (χ0v) is 68.8. The number of nitro groups is 1. The fraction of sp³-hybridized carbons (Fsp3) is 0.531. The van der Waals surface area contributed by atoms with Gasteiger partial charge in [-0.2, -0.15) is 15.0 Å². The van der Waals surface area contributed by atoms with Crippen LogP contribution in [0.4, 0.5) is 17.6 Å². The van der Waals surface area contributed by atoms with Crippen molar-refractivity contribution in [1.29, 1.82) is 0 Å². The number of fused-ring (bicyclic) bond motifs is 2. The highest BCUT2D eigenvalue weighted by Crippen LogP contribution is 2.48. The van der Waals surface area contributed by atoms with Crippen molar-refractivity contribution in [2.24, 2.45) is 5.73 Å². The molecule has 1 saturated heterocycles. The third-order valence-electron chi connectivity index (χ3n) is 19.4. The summed E-state index contributed by atoms with van der Waals surface area (Å²) in [6, 6.07) is 18.5. The number of nitrogens with zero attached hydrogens (tertiary/aromatic N) is 12. The first-order valence-corrected chi connectivity index (χ1v) is 41.0. The number of aryl methyl sites for hydroxylation is 2. The predicted octanol–water partition coefficient (Wildman–Crippen LogP) is 10.9. The molecule has 0 saturated carbocycles. The summed E-state index contributed by atoms with van der Waals surface area (Å²) in [5.74, 6) is -0.909. The number of likely N-dealkylation sites (N-methyl/N-ethyl adjacent to an activating group) is 1. The number of methoxy groups -OCH3 is 2. The highest BCUT2D eigenvalue weighted by Gasteiger charge is 2.33. The Kier molecular flexibility index (Phi) is 38.8. The van der Waals surface area contributed by atoms with Crippen molar-refractivity contribution in [2.45, 2.75) is 168 Å². The Morgan fingerprint density at radius 3 is 2.09 bits per heavy atom. The molecule has 626 valence electrons. The molecule has 3 aromatic carbocycles. The lowest BCUT2D eigenvalue weighted by Gasteiger charge is -2.39. The van der Waals surface area contributed by atoms with Gasteiger partial charge in [0, 0.05) is 171 Å².